The highest BCUT2D eigenvalue weighted by Crippen LogP contribution is 2.44. The van der Waals surface area contributed by atoms with E-state index in [2.05, 4.69) is 11.4 Å². The molecule has 0 heterocycles. The number of benzene rings is 1. The molecule has 2 fully saturated rings. The summed E-state index contributed by atoms with van der Waals surface area (Å²) in [6.07, 6.45) is 8.00. The third-order valence-corrected chi connectivity index (χ3v) is 8.51. The van der Waals surface area contributed by atoms with Crippen molar-refractivity contribution in [2.24, 2.45) is 17.3 Å². The number of esters is 1. The van der Waals surface area contributed by atoms with Gasteiger partial charge < -0.3 is 24.6 Å². The summed E-state index contributed by atoms with van der Waals surface area (Å²) in [5.74, 6) is -1.97. The van der Waals surface area contributed by atoms with E-state index >= 15 is 0 Å². The largest absolute Gasteiger partial charge is 0.481 e. The van der Waals surface area contributed by atoms with E-state index in [-0.39, 0.29) is 43.0 Å². The number of carbonyl (C=O) groups is 3. The molecule has 4 rings (SSSR count). The topological polar surface area (TPSA) is 111 Å². The molecule has 3 aliphatic carbocycles. The SMILES string of the molecule is COCCOCC(CC1(C(=O)NC2CCC(C(=O)O[C@H]3CCc4ccccc43)CC2)CCCC1)C(=O)O. The standard InChI is InChI=1S/C29H41NO7/c1-35-16-17-36-19-22(26(31)32)18-29(14-4-5-15-29)28(34)30-23-11-8-21(9-12-23)27(33)37-25-13-10-20-6-2-3-7-24(20)25/h2-3,6-7,21-23,25H,4-5,8-19H2,1H3,(H,30,34)(H,31,32)/t21?,22?,23?,25-/m0/s1. The van der Waals surface area contributed by atoms with Gasteiger partial charge in [0, 0.05) is 13.2 Å². The van der Waals surface area contributed by atoms with Crippen molar-refractivity contribution in [1.29, 1.82) is 0 Å². The molecule has 0 saturated heterocycles. The van der Waals surface area contributed by atoms with Gasteiger partial charge in [-0.05, 0) is 68.9 Å². The van der Waals surface area contributed by atoms with E-state index in [9.17, 15) is 19.5 Å². The van der Waals surface area contributed by atoms with Gasteiger partial charge in [-0.1, -0.05) is 37.1 Å². The molecule has 3 aliphatic rings. The number of rotatable bonds is 12. The van der Waals surface area contributed by atoms with Crippen molar-refractivity contribution in [3.8, 4) is 0 Å². The molecule has 8 heteroatoms. The second-order valence-electron chi connectivity index (χ2n) is 11.0. The third-order valence-electron chi connectivity index (χ3n) is 8.51. The van der Waals surface area contributed by atoms with Crippen molar-refractivity contribution < 1.29 is 33.7 Å². The molecule has 1 aromatic carbocycles. The number of carboxylic acid groups (broad SMARTS) is 1. The number of nitrogens with one attached hydrogen (secondary N) is 1. The summed E-state index contributed by atoms with van der Waals surface area (Å²) >= 11 is 0. The van der Waals surface area contributed by atoms with Gasteiger partial charge in [-0.25, -0.2) is 0 Å². The van der Waals surface area contributed by atoms with Crippen LogP contribution in [0, 0.1) is 17.3 Å². The quantitative estimate of drug-likeness (QED) is 0.317. The molecule has 0 aliphatic heterocycles. The Morgan fingerprint density at radius 1 is 1.05 bits per heavy atom. The fourth-order valence-electron chi connectivity index (χ4n) is 6.32. The zero-order valence-corrected chi connectivity index (χ0v) is 21.9. The van der Waals surface area contributed by atoms with Gasteiger partial charge in [0.1, 0.15) is 6.10 Å². The zero-order chi connectivity index (χ0) is 26.3. The molecular weight excluding hydrogens is 474 g/mol. The van der Waals surface area contributed by atoms with Gasteiger partial charge in [0.05, 0.1) is 37.1 Å². The molecule has 2 N–H and O–H groups in total. The molecule has 2 atom stereocenters. The smallest absolute Gasteiger partial charge is 0.309 e. The minimum absolute atomic E-state index is 0.00228. The Bertz CT molecular complexity index is 934. The highest BCUT2D eigenvalue weighted by Gasteiger charge is 2.45. The van der Waals surface area contributed by atoms with Gasteiger partial charge in [-0.3, -0.25) is 14.4 Å². The van der Waals surface area contributed by atoms with Crippen molar-refractivity contribution in [3.05, 3.63) is 35.4 Å². The van der Waals surface area contributed by atoms with Crippen LogP contribution >= 0.6 is 0 Å². The lowest BCUT2D eigenvalue weighted by Crippen LogP contribution is -2.47. The Morgan fingerprint density at radius 2 is 1.78 bits per heavy atom. The van der Waals surface area contributed by atoms with E-state index in [0.717, 1.165) is 44.1 Å². The summed E-state index contributed by atoms with van der Waals surface area (Å²) in [6, 6.07) is 8.16. The Morgan fingerprint density at radius 3 is 2.49 bits per heavy atom. The number of fused-ring (bicyclic) bond motifs is 1. The van der Waals surface area contributed by atoms with E-state index < -0.39 is 17.3 Å². The maximum absolute atomic E-state index is 13.5. The van der Waals surface area contributed by atoms with Crippen LogP contribution in [0.2, 0.25) is 0 Å². The van der Waals surface area contributed by atoms with Gasteiger partial charge in [0.25, 0.3) is 0 Å². The summed E-state index contributed by atoms with van der Waals surface area (Å²) in [7, 11) is 1.57. The molecule has 0 spiro atoms. The van der Waals surface area contributed by atoms with Crippen LogP contribution in [0.15, 0.2) is 24.3 Å². The van der Waals surface area contributed by atoms with Crippen LogP contribution in [0.3, 0.4) is 0 Å². The van der Waals surface area contributed by atoms with E-state index in [4.69, 9.17) is 14.2 Å². The van der Waals surface area contributed by atoms with Gasteiger partial charge in [-0.2, -0.15) is 0 Å². The summed E-state index contributed by atoms with van der Waals surface area (Å²) in [5, 5.41) is 13.0. The van der Waals surface area contributed by atoms with Crippen molar-refractivity contribution in [2.45, 2.75) is 82.8 Å². The first-order valence-electron chi connectivity index (χ1n) is 13.8. The van der Waals surface area contributed by atoms with Crippen LogP contribution in [0.1, 0.15) is 81.4 Å². The average Bonchev–Trinajstić information content (AvgIpc) is 3.54. The summed E-state index contributed by atoms with van der Waals surface area (Å²) in [4.78, 5) is 38.3. The van der Waals surface area contributed by atoms with E-state index in [1.165, 1.54) is 5.56 Å². The number of aryl methyl sites for hydroxylation is 1. The number of methoxy groups -OCH3 is 1. The lowest BCUT2D eigenvalue weighted by Gasteiger charge is -2.34. The number of ether oxygens (including phenoxy) is 3. The van der Waals surface area contributed by atoms with Crippen LogP contribution in [0.5, 0.6) is 0 Å². The average molecular weight is 516 g/mol. The van der Waals surface area contributed by atoms with Gasteiger partial charge >= 0.3 is 11.9 Å². The Hall–Kier alpha value is -2.45. The molecule has 0 aromatic heterocycles. The second-order valence-corrected chi connectivity index (χ2v) is 11.0. The Kier molecular flexibility index (Phi) is 9.60. The highest BCUT2D eigenvalue weighted by atomic mass is 16.5. The molecule has 37 heavy (non-hydrogen) atoms. The number of carbonyl (C=O) groups excluding carboxylic acids is 2. The van der Waals surface area contributed by atoms with Crippen molar-refractivity contribution in [1.82, 2.24) is 5.32 Å². The minimum atomic E-state index is -0.930. The summed E-state index contributed by atoms with van der Waals surface area (Å²) in [5.41, 5.74) is 1.72. The molecule has 8 nitrogen and oxygen atoms in total. The fraction of sp³-hybridized carbons (Fsp3) is 0.690. The molecule has 204 valence electrons. The molecule has 1 amide bonds. The van der Waals surface area contributed by atoms with Crippen molar-refractivity contribution >= 4 is 17.8 Å². The first-order valence-corrected chi connectivity index (χ1v) is 13.8. The van der Waals surface area contributed by atoms with Crippen molar-refractivity contribution in [3.63, 3.8) is 0 Å². The van der Waals surface area contributed by atoms with E-state index in [1.54, 1.807) is 7.11 Å². The van der Waals surface area contributed by atoms with E-state index in [0.29, 0.717) is 38.9 Å². The first-order chi connectivity index (χ1) is 17.9. The van der Waals surface area contributed by atoms with Gasteiger partial charge in [0.2, 0.25) is 5.91 Å². The van der Waals surface area contributed by atoms with Gasteiger partial charge in [-0.15, -0.1) is 0 Å². The number of hydrogen-bond donors (Lipinski definition) is 2. The van der Waals surface area contributed by atoms with Crippen LogP contribution in [0.25, 0.3) is 0 Å². The zero-order valence-electron chi connectivity index (χ0n) is 21.9. The maximum Gasteiger partial charge on any atom is 0.309 e. The highest BCUT2D eigenvalue weighted by molar-refractivity contribution is 5.84. The predicted octanol–water partition coefficient (Wildman–Crippen LogP) is 4.21. The summed E-state index contributed by atoms with van der Waals surface area (Å²) < 4.78 is 16.4. The maximum atomic E-state index is 13.5. The first kappa shape index (κ1) is 27.6. The van der Waals surface area contributed by atoms with Crippen molar-refractivity contribution in [2.75, 3.05) is 26.9 Å². The normalized spacial score (nSPS) is 25.3. The molecule has 1 aromatic rings. The third kappa shape index (κ3) is 6.90. The van der Waals surface area contributed by atoms with Crippen LogP contribution in [-0.2, 0) is 35.0 Å². The lowest BCUT2D eigenvalue weighted by atomic mass is 9.76. The molecule has 0 bridgehead atoms. The number of aliphatic carboxylic acids is 1. The monoisotopic (exact) mass is 515 g/mol. The summed E-state index contributed by atoms with van der Waals surface area (Å²) in [6.45, 7) is 0.812. The fourth-order valence-corrected chi connectivity index (χ4v) is 6.32. The number of hydrogen-bond acceptors (Lipinski definition) is 6. The lowest BCUT2D eigenvalue weighted by molar-refractivity contribution is -0.155. The van der Waals surface area contributed by atoms with E-state index in [1.807, 2.05) is 18.2 Å². The Labute approximate surface area is 219 Å². The second kappa shape index (κ2) is 12.9. The number of carboxylic acids is 1. The van der Waals surface area contributed by atoms with Crippen LogP contribution in [0.4, 0.5) is 0 Å². The Balaban J connectivity index is 1.27. The molecule has 2 saturated carbocycles. The molecule has 0 radical (unpaired) electrons. The van der Waals surface area contributed by atoms with Gasteiger partial charge in [0.15, 0.2) is 0 Å². The molecular formula is C29H41NO7. The van der Waals surface area contributed by atoms with Crippen LogP contribution < -0.4 is 5.32 Å². The van der Waals surface area contributed by atoms with Crippen LogP contribution in [-0.4, -0.2) is 55.9 Å². The molecule has 1 unspecified atom stereocenters. The number of amides is 1. The predicted molar refractivity (Wildman–Crippen MR) is 137 cm³/mol. The minimum Gasteiger partial charge on any atom is -0.481 e.